The van der Waals surface area contributed by atoms with Gasteiger partial charge in [-0.3, -0.25) is 9.10 Å². The van der Waals surface area contributed by atoms with Crippen LogP contribution in [0, 0.1) is 0 Å². The predicted octanol–water partition coefficient (Wildman–Crippen LogP) is 3.33. The second-order valence-electron chi connectivity index (χ2n) is 8.28. The predicted molar refractivity (Wildman–Crippen MR) is 131 cm³/mol. The molecule has 0 aliphatic carbocycles. The average Bonchev–Trinajstić information content (AvgIpc) is 3.15. The van der Waals surface area contributed by atoms with Gasteiger partial charge in [-0.1, -0.05) is 24.3 Å². The maximum atomic E-state index is 13.5. The second kappa shape index (κ2) is 8.86. The van der Waals surface area contributed by atoms with Gasteiger partial charge >= 0.3 is 0 Å². The van der Waals surface area contributed by atoms with Crippen molar-refractivity contribution in [3.63, 3.8) is 0 Å². The lowest BCUT2D eigenvalue weighted by Gasteiger charge is -2.24. The number of sulfonamides is 2. The van der Waals surface area contributed by atoms with Gasteiger partial charge in [0.2, 0.25) is 10.0 Å². The summed E-state index contributed by atoms with van der Waals surface area (Å²) >= 11 is 0. The van der Waals surface area contributed by atoms with Gasteiger partial charge < -0.3 is 5.32 Å². The molecular formula is C24H25N3O5S2. The number of anilines is 2. The van der Waals surface area contributed by atoms with Crippen LogP contribution in [0.25, 0.3) is 0 Å². The highest BCUT2D eigenvalue weighted by molar-refractivity contribution is 7.93. The normalized spacial score (nSPS) is 15.9. The van der Waals surface area contributed by atoms with Crippen molar-refractivity contribution < 1.29 is 21.6 Å². The Hall–Kier alpha value is -3.21. The second-order valence-corrected chi connectivity index (χ2v) is 12.2. The summed E-state index contributed by atoms with van der Waals surface area (Å²) < 4.78 is 53.8. The van der Waals surface area contributed by atoms with E-state index >= 15 is 0 Å². The molecule has 1 heterocycles. The van der Waals surface area contributed by atoms with Gasteiger partial charge in [0.1, 0.15) is 0 Å². The smallest absolute Gasteiger partial charge is 0.264 e. The number of amides is 1. The molecule has 3 aromatic rings. The Morgan fingerprint density at radius 1 is 0.912 bits per heavy atom. The number of fused-ring (bicyclic) bond motifs is 1. The first-order chi connectivity index (χ1) is 16.0. The standard InChI is InChI=1S/C24H25N3O5S2/c1-17-15-18-7-4-5-10-23(18)27(17)34(31,32)22-9-6-8-19(16-22)24(28)25-20-11-13-21(14-12-20)33(29,30)26(2)3/h4-14,16-17H,15H2,1-3H3,(H,25,28)/t17-/m0/s1. The Morgan fingerprint density at radius 3 is 2.26 bits per heavy atom. The lowest BCUT2D eigenvalue weighted by atomic mass is 10.1. The van der Waals surface area contributed by atoms with Crippen LogP contribution in [0.3, 0.4) is 0 Å². The SMILES string of the molecule is C[C@H]1Cc2ccccc2N1S(=O)(=O)c1cccc(C(=O)Nc2ccc(S(=O)(=O)N(C)C)cc2)c1. The first-order valence-electron chi connectivity index (χ1n) is 10.6. The summed E-state index contributed by atoms with van der Waals surface area (Å²) in [6.45, 7) is 1.86. The quantitative estimate of drug-likeness (QED) is 0.560. The van der Waals surface area contributed by atoms with Crippen LogP contribution in [0.5, 0.6) is 0 Å². The summed E-state index contributed by atoms with van der Waals surface area (Å²) in [7, 11) is -4.58. The third-order valence-corrected chi connectivity index (χ3v) is 9.44. The lowest BCUT2D eigenvalue weighted by Crippen LogP contribution is -2.35. The number of nitrogens with one attached hydrogen (secondary N) is 1. The summed E-state index contributed by atoms with van der Waals surface area (Å²) in [5.41, 5.74) is 2.18. The third-order valence-electron chi connectivity index (χ3n) is 5.69. The molecule has 0 saturated carbocycles. The molecule has 0 bridgehead atoms. The summed E-state index contributed by atoms with van der Waals surface area (Å²) in [6.07, 6.45) is 0.620. The zero-order valence-electron chi connectivity index (χ0n) is 19.0. The molecule has 0 unspecified atom stereocenters. The number of rotatable bonds is 6. The lowest BCUT2D eigenvalue weighted by molar-refractivity contribution is 0.102. The molecule has 0 fully saturated rings. The van der Waals surface area contributed by atoms with Gasteiger partial charge in [-0.15, -0.1) is 0 Å². The molecule has 1 amide bonds. The minimum Gasteiger partial charge on any atom is -0.322 e. The van der Waals surface area contributed by atoms with Crippen molar-refractivity contribution in [3.05, 3.63) is 83.9 Å². The van der Waals surface area contributed by atoms with Crippen molar-refractivity contribution in [2.24, 2.45) is 0 Å². The highest BCUT2D eigenvalue weighted by Gasteiger charge is 2.36. The van der Waals surface area contributed by atoms with Crippen molar-refractivity contribution in [2.45, 2.75) is 29.2 Å². The topological polar surface area (TPSA) is 104 Å². The summed E-state index contributed by atoms with van der Waals surface area (Å²) in [6, 6.07) is 18.8. The van der Waals surface area contributed by atoms with Gasteiger partial charge in [-0.05, 0) is 67.4 Å². The van der Waals surface area contributed by atoms with Crippen LogP contribution in [0.1, 0.15) is 22.8 Å². The molecule has 1 aliphatic rings. The molecule has 0 spiro atoms. The summed E-state index contributed by atoms with van der Waals surface area (Å²) in [5, 5.41) is 2.68. The van der Waals surface area contributed by atoms with E-state index < -0.39 is 26.0 Å². The number of hydrogen-bond acceptors (Lipinski definition) is 5. The van der Waals surface area contributed by atoms with E-state index in [1.807, 2.05) is 19.1 Å². The van der Waals surface area contributed by atoms with E-state index in [-0.39, 0.29) is 21.4 Å². The number of carbonyl (C=O) groups excluding carboxylic acids is 1. The third kappa shape index (κ3) is 4.31. The van der Waals surface area contributed by atoms with E-state index in [4.69, 9.17) is 0 Å². The number of nitrogens with zero attached hydrogens (tertiary/aromatic N) is 2. The number of hydrogen-bond donors (Lipinski definition) is 1. The fourth-order valence-electron chi connectivity index (χ4n) is 3.94. The first kappa shape index (κ1) is 23.9. The molecule has 178 valence electrons. The average molecular weight is 500 g/mol. The van der Waals surface area contributed by atoms with E-state index in [9.17, 15) is 21.6 Å². The monoisotopic (exact) mass is 499 g/mol. The van der Waals surface area contributed by atoms with Gasteiger partial charge in [0, 0.05) is 31.4 Å². The molecule has 0 aromatic heterocycles. The minimum atomic E-state index is -3.88. The van der Waals surface area contributed by atoms with Gasteiger partial charge in [-0.2, -0.15) is 0 Å². The van der Waals surface area contributed by atoms with E-state index in [1.54, 1.807) is 12.1 Å². The van der Waals surface area contributed by atoms with E-state index in [1.165, 1.54) is 66.9 Å². The zero-order valence-corrected chi connectivity index (χ0v) is 20.6. The van der Waals surface area contributed by atoms with Gasteiger partial charge in [0.25, 0.3) is 15.9 Å². The molecule has 34 heavy (non-hydrogen) atoms. The highest BCUT2D eigenvalue weighted by Crippen LogP contribution is 2.36. The highest BCUT2D eigenvalue weighted by atomic mass is 32.2. The van der Waals surface area contributed by atoms with Gasteiger partial charge in [0.15, 0.2) is 0 Å². The van der Waals surface area contributed by atoms with Crippen LogP contribution in [0.2, 0.25) is 0 Å². The molecule has 8 nitrogen and oxygen atoms in total. The van der Waals surface area contributed by atoms with Crippen molar-refractivity contribution in [3.8, 4) is 0 Å². The Bertz CT molecular complexity index is 1450. The Balaban J connectivity index is 1.58. The van der Waals surface area contributed by atoms with Crippen LogP contribution in [-0.4, -0.2) is 47.2 Å². The Morgan fingerprint density at radius 2 is 1.59 bits per heavy atom. The van der Waals surface area contributed by atoms with E-state index in [0.717, 1.165) is 9.87 Å². The number of carbonyl (C=O) groups is 1. The minimum absolute atomic E-state index is 0.0242. The molecule has 10 heteroatoms. The molecule has 3 aromatic carbocycles. The fraction of sp³-hybridized carbons (Fsp3) is 0.208. The van der Waals surface area contributed by atoms with E-state index in [0.29, 0.717) is 17.8 Å². The Kier molecular flexibility index (Phi) is 6.24. The van der Waals surface area contributed by atoms with Crippen LogP contribution >= 0.6 is 0 Å². The molecule has 0 radical (unpaired) electrons. The van der Waals surface area contributed by atoms with Gasteiger partial charge in [0.05, 0.1) is 15.5 Å². The maximum Gasteiger partial charge on any atom is 0.264 e. The van der Waals surface area contributed by atoms with Crippen LogP contribution in [0.4, 0.5) is 11.4 Å². The molecule has 0 saturated heterocycles. The summed E-state index contributed by atoms with van der Waals surface area (Å²) in [4.78, 5) is 12.9. The first-order valence-corrected chi connectivity index (χ1v) is 13.5. The van der Waals surface area contributed by atoms with E-state index in [2.05, 4.69) is 5.32 Å². The molecule has 1 atom stereocenters. The zero-order chi connectivity index (χ0) is 24.7. The Labute approximate surface area is 199 Å². The fourth-order valence-corrected chi connectivity index (χ4v) is 6.58. The molecule has 1 aliphatic heterocycles. The molecule has 1 N–H and O–H groups in total. The van der Waals surface area contributed by atoms with Crippen LogP contribution in [-0.2, 0) is 26.5 Å². The maximum absolute atomic E-state index is 13.5. The molecular weight excluding hydrogens is 474 g/mol. The van der Waals surface area contributed by atoms with Crippen molar-refractivity contribution in [1.29, 1.82) is 0 Å². The van der Waals surface area contributed by atoms with Gasteiger partial charge in [-0.25, -0.2) is 21.1 Å². The van der Waals surface area contributed by atoms with Crippen LogP contribution < -0.4 is 9.62 Å². The number of para-hydroxylation sites is 1. The van der Waals surface area contributed by atoms with Crippen molar-refractivity contribution in [1.82, 2.24) is 4.31 Å². The molecule has 4 rings (SSSR count). The largest absolute Gasteiger partial charge is 0.322 e. The number of benzene rings is 3. The van der Waals surface area contributed by atoms with Crippen LogP contribution in [0.15, 0.2) is 82.6 Å². The van der Waals surface area contributed by atoms with Crippen molar-refractivity contribution in [2.75, 3.05) is 23.7 Å². The van der Waals surface area contributed by atoms with Crippen molar-refractivity contribution >= 4 is 37.3 Å². The summed E-state index contributed by atoms with van der Waals surface area (Å²) in [5.74, 6) is -0.505.